The quantitative estimate of drug-likeness (QED) is 0.326. The van der Waals surface area contributed by atoms with Gasteiger partial charge in [0.25, 0.3) is 0 Å². The molecule has 2 aromatic rings. The number of nitrogens with one attached hydrogen (secondary N) is 2. The number of amides is 1. The van der Waals surface area contributed by atoms with Crippen LogP contribution in [0.3, 0.4) is 0 Å². The van der Waals surface area contributed by atoms with Gasteiger partial charge in [-0.1, -0.05) is 37.3 Å². The summed E-state index contributed by atoms with van der Waals surface area (Å²) in [6.07, 6.45) is 3.58. The van der Waals surface area contributed by atoms with E-state index < -0.39 is 0 Å². The number of likely N-dealkylation sites (N-methyl/N-ethyl adjacent to an activating group) is 1. The van der Waals surface area contributed by atoms with Gasteiger partial charge in [-0.2, -0.15) is 5.10 Å². The minimum Gasteiger partial charge on any atom is -0.356 e. The number of aliphatic imine (C=N–C) groups is 1. The largest absolute Gasteiger partial charge is 0.356 e. The maximum Gasteiger partial charge on any atom is 0.243 e. The van der Waals surface area contributed by atoms with Gasteiger partial charge in [0, 0.05) is 39.5 Å². The first-order valence-electron chi connectivity index (χ1n) is 10.3. The number of hydrogen-bond acceptors (Lipinski definition) is 4. The second kappa shape index (κ2) is 11.9. The Balaban J connectivity index is 0.00000320. The first kappa shape index (κ1) is 24.1. The molecule has 8 nitrogen and oxygen atoms in total. The van der Waals surface area contributed by atoms with Crippen molar-refractivity contribution in [3.8, 4) is 0 Å². The molecule has 2 N–H and O–H groups in total. The summed E-state index contributed by atoms with van der Waals surface area (Å²) in [5.41, 5.74) is 1.26. The maximum absolute atomic E-state index is 12.0. The number of nitrogens with zero attached hydrogens (tertiary/aromatic N) is 5. The van der Waals surface area contributed by atoms with Crippen molar-refractivity contribution in [1.82, 2.24) is 30.3 Å². The third-order valence-corrected chi connectivity index (χ3v) is 4.98. The van der Waals surface area contributed by atoms with E-state index in [4.69, 9.17) is 0 Å². The van der Waals surface area contributed by atoms with E-state index in [0.29, 0.717) is 5.96 Å². The Morgan fingerprint density at radius 2 is 2.07 bits per heavy atom. The van der Waals surface area contributed by atoms with Crippen LogP contribution in [-0.2, 0) is 30.6 Å². The lowest BCUT2D eigenvalue weighted by atomic mass is 10.1. The highest BCUT2D eigenvalue weighted by atomic mass is 127. The van der Waals surface area contributed by atoms with Crippen molar-refractivity contribution >= 4 is 35.8 Å². The highest BCUT2D eigenvalue weighted by Crippen LogP contribution is 2.13. The van der Waals surface area contributed by atoms with Crippen molar-refractivity contribution in [2.45, 2.75) is 45.2 Å². The van der Waals surface area contributed by atoms with Gasteiger partial charge in [-0.15, -0.1) is 24.0 Å². The van der Waals surface area contributed by atoms with Crippen molar-refractivity contribution in [3.63, 3.8) is 0 Å². The van der Waals surface area contributed by atoms with E-state index in [0.717, 1.165) is 50.4 Å². The second-order valence-corrected chi connectivity index (χ2v) is 7.48. The van der Waals surface area contributed by atoms with Crippen LogP contribution in [-0.4, -0.2) is 64.8 Å². The zero-order valence-corrected chi connectivity index (χ0v) is 20.3. The molecular weight excluding hydrogens is 493 g/mol. The van der Waals surface area contributed by atoms with Crippen LogP contribution in [0.1, 0.15) is 30.6 Å². The van der Waals surface area contributed by atoms with Gasteiger partial charge in [0.05, 0.1) is 6.54 Å². The molecule has 1 aliphatic heterocycles. The molecule has 3 rings (SSSR count). The molecule has 0 radical (unpaired) electrons. The van der Waals surface area contributed by atoms with Gasteiger partial charge in [-0.05, 0) is 18.4 Å². The van der Waals surface area contributed by atoms with Crippen molar-refractivity contribution in [2.75, 3.05) is 27.2 Å². The minimum absolute atomic E-state index is 0. The Bertz CT molecular complexity index is 835. The Morgan fingerprint density at radius 1 is 1.30 bits per heavy atom. The van der Waals surface area contributed by atoms with Crippen LogP contribution in [0.25, 0.3) is 0 Å². The molecule has 0 fully saturated rings. The number of guanidine groups is 1. The summed E-state index contributed by atoms with van der Waals surface area (Å²) in [7, 11) is 3.49. The van der Waals surface area contributed by atoms with Gasteiger partial charge in [0.1, 0.15) is 12.4 Å². The van der Waals surface area contributed by atoms with E-state index >= 15 is 0 Å². The Labute approximate surface area is 195 Å². The average Bonchev–Trinajstić information content (AvgIpc) is 3.14. The van der Waals surface area contributed by atoms with Crippen molar-refractivity contribution in [1.29, 1.82) is 0 Å². The van der Waals surface area contributed by atoms with Gasteiger partial charge in [-0.3, -0.25) is 4.79 Å². The number of benzene rings is 1. The summed E-state index contributed by atoms with van der Waals surface area (Å²) < 4.78 is 1.99. The van der Waals surface area contributed by atoms with Crippen molar-refractivity contribution in [3.05, 3.63) is 47.5 Å². The fourth-order valence-electron chi connectivity index (χ4n) is 3.23. The summed E-state index contributed by atoms with van der Waals surface area (Å²) in [6, 6.07) is 10.5. The zero-order chi connectivity index (χ0) is 20.6. The van der Waals surface area contributed by atoms with E-state index in [1.165, 1.54) is 5.56 Å². The lowest BCUT2D eigenvalue weighted by molar-refractivity contribution is -0.127. The lowest BCUT2D eigenvalue weighted by Crippen LogP contribution is -2.48. The molecule has 1 atom stereocenters. The van der Waals surface area contributed by atoms with E-state index in [1.807, 2.05) is 22.9 Å². The van der Waals surface area contributed by atoms with Crippen molar-refractivity contribution < 1.29 is 4.79 Å². The minimum atomic E-state index is -0.0241. The fourth-order valence-corrected chi connectivity index (χ4v) is 3.23. The number of aromatic nitrogens is 3. The third-order valence-electron chi connectivity index (χ3n) is 4.98. The first-order valence-corrected chi connectivity index (χ1v) is 10.3. The normalized spacial score (nSPS) is 15.7. The molecule has 0 bridgehead atoms. The Hall–Kier alpha value is -2.17. The monoisotopic (exact) mass is 525 g/mol. The molecule has 30 heavy (non-hydrogen) atoms. The van der Waals surface area contributed by atoms with Gasteiger partial charge >= 0.3 is 0 Å². The Kier molecular flexibility index (Phi) is 9.54. The third kappa shape index (κ3) is 6.96. The van der Waals surface area contributed by atoms with Crippen LogP contribution in [0.2, 0.25) is 0 Å². The van der Waals surface area contributed by atoms with E-state index in [1.54, 1.807) is 19.0 Å². The highest BCUT2D eigenvalue weighted by molar-refractivity contribution is 14.0. The smallest absolute Gasteiger partial charge is 0.243 e. The molecule has 1 aromatic carbocycles. The van der Waals surface area contributed by atoms with E-state index in [2.05, 4.69) is 44.8 Å². The summed E-state index contributed by atoms with van der Waals surface area (Å²) in [5, 5.41) is 11.4. The summed E-state index contributed by atoms with van der Waals surface area (Å²) in [5.74, 6) is 2.59. The van der Waals surface area contributed by atoms with Gasteiger partial charge in [0.15, 0.2) is 11.8 Å². The summed E-state index contributed by atoms with van der Waals surface area (Å²) in [4.78, 5) is 22.6. The number of halogens is 1. The fraction of sp³-hybridized carbons (Fsp3) is 0.524. The Morgan fingerprint density at radius 3 is 2.77 bits per heavy atom. The number of aryl methyl sites for hydroxylation is 2. The van der Waals surface area contributed by atoms with Crippen LogP contribution in [0.15, 0.2) is 35.3 Å². The van der Waals surface area contributed by atoms with Crippen LogP contribution in [0, 0.1) is 0 Å². The molecular formula is C21H32IN7O. The molecule has 1 aliphatic rings. The molecule has 164 valence electrons. The predicted molar refractivity (Wildman–Crippen MR) is 129 cm³/mol. The lowest BCUT2D eigenvalue weighted by Gasteiger charge is -2.25. The highest BCUT2D eigenvalue weighted by Gasteiger charge is 2.22. The van der Waals surface area contributed by atoms with Crippen LogP contribution >= 0.6 is 24.0 Å². The first-order chi connectivity index (χ1) is 14.0. The molecule has 2 heterocycles. The zero-order valence-electron chi connectivity index (χ0n) is 18.0. The van der Waals surface area contributed by atoms with Crippen LogP contribution in [0.5, 0.6) is 0 Å². The number of hydrogen-bond donors (Lipinski definition) is 2. The standard InChI is InChI=1S/C21H31N7O.HI/c1-4-18-25-19-11-10-17(15-28(19)26-18)24-21(23-14-20(29)27(2)3)22-13-12-16-8-6-5-7-9-16;/h5-9,17H,4,10-15H2,1-3H3,(H2,22,23,24);1H. The topological polar surface area (TPSA) is 87.4 Å². The van der Waals surface area contributed by atoms with Gasteiger partial charge < -0.3 is 15.5 Å². The van der Waals surface area contributed by atoms with Crippen LogP contribution < -0.4 is 10.6 Å². The number of carbonyl (C=O) groups is 1. The molecule has 9 heteroatoms. The second-order valence-electron chi connectivity index (χ2n) is 7.48. The summed E-state index contributed by atoms with van der Waals surface area (Å²) >= 11 is 0. The van der Waals surface area contributed by atoms with Gasteiger partial charge in [0.2, 0.25) is 5.91 Å². The molecule has 0 aliphatic carbocycles. The number of fused-ring (bicyclic) bond motifs is 1. The van der Waals surface area contributed by atoms with E-state index in [9.17, 15) is 4.79 Å². The molecule has 1 unspecified atom stereocenters. The van der Waals surface area contributed by atoms with E-state index in [-0.39, 0.29) is 42.5 Å². The van der Waals surface area contributed by atoms with Crippen LogP contribution in [0.4, 0.5) is 0 Å². The molecule has 1 aromatic heterocycles. The molecule has 0 saturated carbocycles. The molecule has 0 saturated heterocycles. The average molecular weight is 525 g/mol. The number of rotatable bonds is 7. The van der Waals surface area contributed by atoms with Gasteiger partial charge in [-0.25, -0.2) is 14.7 Å². The maximum atomic E-state index is 12.0. The molecule has 1 amide bonds. The number of carbonyl (C=O) groups excluding carboxylic acids is 1. The van der Waals surface area contributed by atoms with Crippen molar-refractivity contribution in [2.24, 2.45) is 4.99 Å². The summed E-state index contributed by atoms with van der Waals surface area (Å²) in [6.45, 7) is 3.69. The molecule has 0 spiro atoms. The SMILES string of the molecule is CCc1nc2n(n1)CC(NC(=NCC(=O)N(C)C)NCCc1ccccc1)CC2.I. The predicted octanol–water partition coefficient (Wildman–Crippen LogP) is 1.64.